The van der Waals surface area contributed by atoms with Crippen molar-refractivity contribution in [1.82, 2.24) is 0 Å². The topological polar surface area (TPSA) is 156 Å². The molecule has 33 heavy (non-hydrogen) atoms. The molecular weight excluding hydrogens is 457 g/mol. The van der Waals surface area contributed by atoms with Crippen LogP contribution in [0.4, 0.5) is 22.7 Å². The molecule has 3 aromatic carbocycles. The van der Waals surface area contributed by atoms with E-state index in [1.807, 2.05) is 0 Å². The third-order valence-electron chi connectivity index (χ3n) is 4.94. The summed E-state index contributed by atoms with van der Waals surface area (Å²) in [6.45, 7) is 1.34. The summed E-state index contributed by atoms with van der Waals surface area (Å²) in [6.07, 6.45) is 0. The van der Waals surface area contributed by atoms with Gasteiger partial charge in [0.25, 0.3) is 10.1 Å². The average molecular weight is 475 g/mol. The summed E-state index contributed by atoms with van der Waals surface area (Å²) in [6, 6.07) is 13.6. The molecule has 0 radical (unpaired) electrons. The molecule has 0 spiro atoms. The number of fused-ring (bicyclic) bond motifs is 2. The van der Waals surface area contributed by atoms with E-state index in [9.17, 15) is 27.4 Å². The molecule has 3 aromatic rings. The van der Waals surface area contributed by atoms with Gasteiger partial charge in [0, 0.05) is 29.4 Å². The zero-order chi connectivity index (χ0) is 23.2. The Morgan fingerprint density at radius 2 is 1.52 bits per heavy atom. The smallest absolute Gasteiger partial charge is 1.00 e. The Kier molecular flexibility index (Phi) is 6.78. The Labute approximate surface area is 212 Å². The number of nitrogen functional groups attached to an aromatic ring is 1. The Morgan fingerprint density at radius 1 is 0.939 bits per heavy atom. The SMILES string of the molecule is CC(=O)Nc1cccc(Nc2cc(S(=O)(=O)O)c(N)c3c2C(=O)c2ccccc2C3=O)c1.[H-].[Na+]. The molecule has 0 bridgehead atoms. The van der Waals surface area contributed by atoms with E-state index in [2.05, 4.69) is 10.6 Å². The van der Waals surface area contributed by atoms with Crippen molar-refractivity contribution >= 4 is 50.3 Å². The number of nitrogens with one attached hydrogen (secondary N) is 2. The number of hydrogen-bond donors (Lipinski definition) is 4. The minimum absolute atomic E-state index is 0. The quantitative estimate of drug-likeness (QED) is 0.184. The normalized spacial score (nSPS) is 12.3. The van der Waals surface area contributed by atoms with Crippen molar-refractivity contribution in [2.75, 3.05) is 16.4 Å². The van der Waals surface area contributed by atoms with Crippen LogP contribution in [0.1, 0.15) is 40.2 Å². The van der Waals surface area contributed by atoms with Crippen LogP contribution in [0.5, 0.6) is 0 Å². The number of hydrogen-bond acceptors (Lipinski definition) is 7. The van der Waals surface area contributed by atoms with E-state index in [0.717, 1.165) is 6.07 Å². The number of nitrogens with two attached hydrogens (primary N) is 1. The van der Waals surface area contributed by atoms with Crippen molar-refractivity contribution in [3.63, 3.8) is 0 Å². The minimum Gasteiger partial charge on any atom is -1.00 e. The molecule has 0 saturated carbocycles. The van der Waals surface area contributed by atoms with Crippen LogP contribution >= 0.6 is 0 Å². The Bertz CT molecular complexity index is 1440. The number of ketones is 2. The first kappa shape index (κ1) is 24.6. The summed E-state index contributed by atoms with van der Waals surface area (Å²) < 4.78 is 33.6. The van der Waals surface area contributed by atoms with Crippen LogP contribution in [0.15, 0.2) is 59.5 Å². The molecular formula is C22H18N3NaO6S. The van der Waals surface area contributed by atoms with Crippen molar-refractivity contribution in [3.8, 4) is 0 Å². The van der Waals surface area contributed by atoms with E-state index in [1.165, 1.54) is 19.1 Å². The Balaban J connectivity index is 0.00000204. The summed E-state index contributed by atoms with van der Waals surface area (Å²) in [5, 5.41) is 5.52. The van der Waals surface area contributed by atoms with Gasteiger partial charge in [-0.2, -0.15) is 8.42 Å². The number of benzene rings is 3. The van der Waals surface area contributed by atoms with Gasteiger partial charge in [-0.1, -0.05) is 30.3 Å². The fourth-order valence-electron chi connectivity index (χ4n) is 3.64. The standard InChI is InChI=1S/C22H17N3O6S.Na.H/c1-11(26)24-12-5-4-6-13(9-12)25-16-10-17(32(29,30)31)20(23)19-18(16)21(27)14-7-2-3-8-15(14)22(19)28;;/h2-10,25H,23H2,1H3,(H,24,26)(H,29,30,31);;/q;+1;-1. The zero-order valence-electron chi connectivity index (χ0n) is 18.7. The van der Waals surface area contributed by atoms with E-state index >= 15 is 0 Å². The predicted molar refractivity (Wildman–Crippen MR) is 119 cm³/mol. The molecule has 11 heteroatoms. The minimum atomic E-state index is -4.81. The van der Waals surface area contributed by atoms with Gasteiger partial charge in [-0.15, -0.1) is 0 Å². The molecule has 4 rings (SSSR count). The largest absolute Gasteiger partial charge is 1.00 e. The van der Waals surface area contributed by atoms with Crippen LogP contribution in [0.25, 0.3) is 0 Å². The van der Waals surface area contributed by atoms with Gasteiger partial charge in [0.1, 0.15) is 4.90 Å². The molecule has 0 aliphatic heterocycles. The van der Waals surface area contributed by atoms with Crippen molar-refractivity contribution in [3.05, 3.63) is 76.9 Å². The number of amides is 1. The van der Waals surface area contributed by atoms with Crippen molar-refractivity contribution < 1.29 is 58.3 Å². The van der Waals surface area contributed by atoms with Gasteiger partial charge in [-0.05, 0) is 24.3 Å². The van der Waals surface area contributed by atoms with E-state index in [1.54, 1.807) is 36.4 Å². The fourth-order valence-corrected chi connectivity index (χ4v) is 4.29. The summed E-state index contributed by atoms with van der Waals surface area (Å²) in [5.41, 5.74) is 6.09. The predicted octanol–water partition coefficient (Wildman–Crippen LogP) is 0.109. The summed E-state index contributed by atoms with van der Waals surface area (Å²) in [7, 11) is -4.81. The van der Waals surface area contributed by atoms with E-state index in [-0.39, 0.29) is 64.8 Å². The second-order valence-electron chi connectivity index (χ2n) is 7.15. The van der Waals surface area contributed by atoms with Gasteiger partial charge in [0.15, 0.2) is 11.6 Å². The maximum absolute atomic E-state index is 13.3. The molecule has 0 atom stereocenters. The maximum Gasteiger partial charge on any atom is 1.00 e. The summed E-state index contributed by atoms with van der Waals surface area (Å²) in [5.74, 6) is -1.45. The summed E-state index contributed by atoms with van der Waals surface area (Å²) >= 11 is 0. The third kappa shape index (κ3) is 4.56. The van der Waals surface area contributed by atoms with Gasteiger partial charge in [0.2, 0.25) is 5.91 Å². The van der Waals surface area contributed by atoms with E-state index < -0.39 is 32.3 Å². The molecule has 0 fully saturated rings. The van der Waals surface area contributed by atoms with E-state index in [0.29, 0.717) is 11.4 Å². The van der Waals surface area contributed by atoms with Crippen LogP contribution < -0.4 is 45.9 Å². The number of anilines is 4. The third-order valence-corrected chi connectivity index (χ3v) is 5.83. The second-order valence-corrected chi connectivity index (χ2v) is 8.54. The molecule has 1 aliphatic carbocycles. The van der Waals surface area contributed by atoms with Crippen molar-refractivity contribution in [1.29, 1.82) is 0 Å². The van der Waals surface area contributed by atoms with Gasteiger partial charge in [-0.25, -0.2) is 0 Å². The van der Waals surface area contributed by atoms with Crippen LogP contribution in [-0.2, 0) is 14.9 Å². The first-order valence-corrected chi connectivity index (χ1v) is 10.8. The molecule has 0 aromatic heterocycles. The first-order chi connectivity index (χ1) is 15.1. The van der Waals surface area contributed by atoms with Crippen LogP contribution in [0.2, 0.25) is 0 Å². The second kappa shape index (κ2) is 9.08. The molecule has 5 N–H and O–H groups in total. The van der Waals surface area contributed by atoms with Crippen LogP contribution in [0, 0.1) is 0 Å². The summed E-state index contributed by atoms with van der Waals surface area (Å²) in [4.78, 5) is 37.1. The maximum atomic E-state index is 13.3. The Morgan fingerprint density at radius 3 is 2.09 bits per heavy atom. The van der Waals surface area contributed by atoms with Crippen LogP contribution in [-0.4, -0.2) is 30.4 Å². The fraction of sp³-hybridized carbons (Fsp3) is 0.0455. The molecule has 0 unspecified atom stereocenters. The van der Waals surface area contributed by atoms with Crippen LogP contribution in [0.3, 0.4) is 0 Å². The molecule has 164 valence electrons. The van der Waals surface area contributed by atoms with E-state index in [4.69, 9.17) is 5.73 Å². The first-order valence-electron chi connectivity index (χ1n) is 9.35. The number of carbonyl (C=O) groups excluding carboxylic acids is 3. The molecule has 0 heterocycles. The zero-order valence-corrected chi connectivity index (χ0v) is 20.5. The molecule has 1 amide bonds. The molecule has 1 aliphatic rings. The monoisotopic (exact) mass is 475 g/mol. The number of carbonyl (C=O) groups is 3. The van der Waals surface area contributed by atoms with Gasteiger partial charge in [0.05, 0.1) is 22.5 Å². The van der Waals surface area contributed by atoms with Gasteiger partial charge >= 0.3 is 29.6 Å². The molecule has 0 saturated heterocycles. The van der Waals surface area contributed by atoms with Crippen molar-refractivity contribution in [2.24, 2.45) is 0 Å². The van der Waals surface area contributed by atoms with Crippen molar-refractivity contribution in [2.45, 2.75) is 11.8 Å². The molecule has 9 nitrogen and oxygen atoms in total. The van der Waals surface area contributed by atoms with Gasteiger partial charge < -0.3 is 17.8 Å². The van der Waals surface area contributed by atoms with Gasteiger partial charge in [-0.3, -0.25) is 18.9 Å². The average Bonchev–Trinajstić information content (AvgIpc) is 2.72. The number of rotatable bonds is 4. The Hall–Kier alpha value is -3.02.